The minimum absolute atomic E-state index is 0.0651. The summed E-state index contributed by atoms with van der Waals surface area (Å²) in [5.74, 6) is 0.708. The first-order valence-corrected chi connectivity index (χ1v) is 7.11. The molecule has 2 rings (SSSR count). The number of likely N-dealkylation sites (N-methyl/N-ethyl adjacent to an activating group) is 1. The fraction of sp³-hybridized carbons (Fsp3) is 0.188. The van der Waals surface area contributed by atoms with E-state index >= 15 is 0 Å². The molecule has 4 heteroatoms. The summed E-state index contributed by atoms with van der Waals surface area (Å²) in [4.78, 5) is 13.8. The number of nitrogens with zero attached hydrogens (tertiary/aromatic N) is 1. The smallest absolute Gasteiger partial charge is 0.246 e. The van der Waals surface area contributed by atoms with E-state index in [0.717, 1.165) is 15.8 Å². The van der Waals surface area contributed by atoms with Crippen LogP contribution in [0.4, 0.5) is 0 Å². The van der Waals surface area contributed by atoms with Crippen molar-refractivity contribution >= 4 is 27.9 Å². The molecule has 0 N–H and O–H groups in total. The molecule has 0 aliphatic rings. The van der Waals surface area contributed by atoms with Gasteiger partial charge in [-0.1, -0.05) is 34.1 Å². The molecule has 0 radical (unpaired) electrons. The SMILES string of the molecule is CC(c1ccco1)N(C)C(=O)/C=C/c1ccccc1Br. The maximum absolute atomic E-state index is 12.1. The lowest BCUT2D eigenvalue weighted by atomic mass is 10.2. The molecule has 0 fully saturated rings. The Bertz CT molecular complexity index is 605. The Morgan fingerprint density at radius 2 is 2.05 bits per heavy atom. The Hall–Kier alpha value is -1.81. The zero-order valence-corrected chi connectivity index (χ0v) is 13.0. The lowest BCUT2D eigenvalue weighted by molar-refractivity contribution is -0.126. The van der Waals surface area contributed by atoms with Gasteiger partial charge in [-0.15, -0.1) is 0 Å². The summed E-state index contributed by atoms with van der Waals surface area (Å²) in [6, 6.07) is 11.4. The van der Waals surface area contributed by atoms with Crippen molar-refractivity contribution in [2.75, 3.05) is 7.05 Å². The first kappa shape index (κ1) is 14.6. The number of rotatable bonds is 4. The van der Waals surface area contributed by atoms with Crippen LogP contribution in [0.1, 0.15) is 24.3 Å². The van der Waals surface area contributed by atoms with Crippen molar-refractivity contribution in [3.63, 3.8) is 0 Å². The predicted octanol–water partition coefficient (Wildman–Crippen LogP) is 4.27. The van der Waals surface area contributed by atoms with Gasteiger partial charge in [0.2, 0.25) is 5.91 Å². The molecule has 1 aromatic carbocycles. The highest BCUT2D eigenvalue weighted by atomic mass is 79.9. The molecule has 0 saturated heterocycles. The highest BCUT2D eigenvalue weighted by molar-refractivity contribution is 9.10. The van der Waals surface area contributed by atoms with Crippen molar-refractivity contribution in [1.29, 1.82) is 0 Å². The maximum atomic E-state index is 12.1. The van der Waals surface area contributed by atoms with Crippen molar-refractivity contribution in [3.05, 3.63) is 64.5 Å². The van der Waals surface area contributed by atoms with Crippen LogP contribution in [0.25, 0.3) is 6.08 Å². The van der Waals surface area contributed by atoms with Gasteiger partial charge in [0.15, 0.2) is 0 Å². The quantitative estimate of drug-likeness (QED) is 0.782. The standard InChI is InChI=1S/C16H16BrNO2/c1-12(15-8-5-11-20-15)18(2)16(19)10-9-13-6-3-4-7-14(13)17/h3-12H,1-2H3/b10-9+. The molecule has 0 spiro atoms. The van der Waals surface area contributed by atoms with E-state index in [1.54, 1.807) is 30.4 Å². The normalized spacial score (nSPS) is 12.6. The van der Waals surface area contributed by atoms with Crippen molar-refractivity contribution in [3.8, 4) is 0 Å². The molecule has 104 valence electrons. The summed E-state index contributed by atoms with van der Waals surface area (Å²) in [7, 11) is 1.76. The van der Waals surface area contributed by atoms with E-state index in [4.69, 9.17) is 4.42 Å². The summed E-state index contributed by atoms with van der Waals surface area (Å²) in [5.41, 5.74) is 0.972. The van der Waals surface area contributed by atoms with Crippen molar-refractivity contribution in [2.45, 2.75) is 13.0 Å². The number of furan rings is 1. The second-order valence-corrected chi connectivity index (χ2v) is 5.35. The topological polar surface area (TPSA) is 33.5 Å². The summed E-state index contributed by atoms with van der Waals surface area (Å²) < 4.78 is 6.29. The Balaban J connectivity index is 2.06. The molecule has 3 nitrogen and oxygen atoms in total. The van der Waals surface area contributed by atoms with E-state index < -0.39 is 0 Å². The van der Waals surface area contributed by atoms with Gasteiger partial charge in [0.25, 0.3) is 0 Å². The zero-order chi connectivity index (χ0) is 14.5. The van der Waals surface area contributed by atoms with Gasteiger partial charge in [-0.3, -0.25) is 4.79 Å². The first-order chi connectivity index (χ1) is 9.59. The third kappa shape index (κ3) is 3.39. The van der Waals surface area contributed by atoms with Gasteiger partial charge >= 0.3 is 0 Å². The van der Waals surface area contributed by atoms with Crippen LogP contribution in [0.5, 0.6) is 0 Å². The Kier molecular flexibility index (Phi) is 4.79. The Morgan fingerprint density at radius 3 is 2.70 bits per heavy atom. The van der Waals surface area contributed by atoms with E-state index in [0.29, 0.717) is 0 Å². The monoisotopic (exact) mass is 333 g/mol. The molecular formula is C16H16BrNO2. The van der Waals surface area contributed by atoms with Crippen LogP contribution in [0.15, 0.2) is 57.6 Å². The van der Waals surface area contributed by atoms with E-state index in [1.807, 2.05) is 43.3 Å². The van der Waals surface area contributed by atoms with Crippen molar-refractivity contribution in [1.82, 2.24) is 4.90 Å². The average molecular weight is 334 g/mol. The van der Waals surface area contributed by atoms with Crippen LogP contribution < -0.4 is 0 Å². The third-order valence-corrected chi connectivity index (χ3v) is 3.92. The molecule has 1 unspecified atom stereocenters. The molecule has 1 aromatic heterocycles. The van der Waals surface area contributed by atoms with Gasteiger partial charge in [-0.25, -0.2) is 0 Å². The lowest BCUT2D eigenvalue weighted by Crippen LogP contribution is -2.27. The largest absolute Gasteiger partial charge is 0.467 e. The summed E-state index contributed by atoms with van der Waals surface area (Å²) in [5, 5.41) is 0. The number of hydrogen-bond donors (Lipinski definition) is 0. The first-order valence-electron chi connectivity index (χ1n) is 6.32. The van der Waals surface area contributed by atoms with E-state index in [1.165, 1.54) is 0 Å². The molecule has 0 aliphatic carbocycles. The Morgan fingerprint density at radius 1 is 1.30 bits per heavy atom. The average Bonchev–Trinajstić information content (AvgIpc) is 2.98. The van der Waals surface area contributed by atoms with E-state index in [-0.39, 0.29) is 11.9 Å². The molecule has 0 aliphatic heterocycles. The fourth-order valence-corrected chi connectivity index (χ4v) is 2.22. The van der Waals surface area contributed by atoms with Gasteiger partial charge in [0, 0.05) is 17.6 Å². The second-order valence-electron chi connectivity index (χ2n) is 4.50. The van der Waals surface area contributed by atoms with Crippen LogP contribution in [-0.4, -0.2) is 17.9 Å². The van der Waals surface area contributed by atoms with Crippen LogP contribution in [0, 0.1) is 0 Å². The second kappa shape index (κ2) is 6.57. The number of carbonyl (C=O) groups is 1. The van der Waals surface area contributed by atoms with Gasteiger partial charge in [-0.2, -0.15) is 0 Å². The Labute approximate surface area is 127 Å². The van der Waals surface area contributed by atoms with Crippen LogP contribution in [0.3, 0.4) is 0 Å². The summed E-state index contributed by atoms with van der Waals surface area (Å²) in [6.45, 7) is 1.93. The molecule has 1 atom stereocenters. The molecule has 1 amide bonds. The minimum Gasteiger partial charge on any atom is -0.467 e. The van der Waals surface area contributed by atoms with Gasteiger partial charge in [-0.05, 0) is 36.8 Å². The third-order valence-electron chi connectivity index (χ3n) is 3.19. The van der Waals surface area contributed by atoms with E-state index in [9.17, 15) is 4.79 Å². The van der Waals surface area contributed by atoms with Gasteiger partial charge in [0.05, 0.1) is 12.3 Å². The predicted molar refractivity (Wildman–Crippen MR) is 83.1 cm³/mol. The fourth-order valence-electron chi connectivity index (χ4n) is 1.80. The lowest BCUT2D eigenvalue weighted by Gasteiger charge is -2.21. The van der Waals surface area contributed by atoms with Gasteiger partial charge in [0.1, 0.15) is 5.76 Å². The summed E-state index contributed by atoms with van der Waals surface area (Å²) in [6.07, 6.45) is 4.98. The van der Waals surface area contributed by atoms with Crippen LogP contribution in [0.2, 0.25) is 0 Å². The molecule has 1 heterocycles. The minimum atomic E-state index is -0.0960. The molecule has 2 aromatic rings. The van der Waals surface area contributed by atoms with Crippen LogP contribution in [-0.2, 0) is 4.79 Å². The highest BCUT2D eigenvalue weighted by Gasteiger charge is 2.17. The van der Waals surface area contributed by atoms with Crippen LogP contribution >= 0.6 is 15.9 Å². The molecular weight excluding hydrogens is 318 g/mol. The van der Waals surface area contributed by atoms with Gasteiger partial charge < -0.3 is 9.32 Å². The number of halogens is 1. The number of hydrogen-bond acceptors (Lipinski definition) is 2. The molecule has 0 saturated carbocycles. The van der Waals surface area contributed by atoms with E-state index in [2.05, 4.69) is 15.9 Å². The number of carbonyl (C=O) groups excluding carboxylic acids is 1. The molecule has 0 bridgehead atoms. The molecule has 20 heavy (non-hydrogen) atoms. The van der Waals surface area contributed by atoms with Crippen molar-refractivity contribution < 1.29 is 9.21 Å². The summed E-state index contributed by atoms with van der Waals surface area (Å²) >= 11 is 3.45. The number of amides is 1. The van der Waals surface area contributed by atoms with Crippen molar-refractivity contribution in [2.24, 2.45) is 0 Å². The maximum Gasteiger partial charge on any atom is 0.246 e. The zero-order valence-electron chi connectivity index (χ0n) is 11.4. The highest BCUT2D eigenvalue weighted by Crippen LogP contribution is 2.20. The number of benzene rings is 1.